The molecule has 5 heteroatoms. The van der Waals surface area contributed by atoms with Crippen molar-refractivity contribution in [3.63, 3.8) is 0 Å². The zero-order valence-corrected chi connectivity index (χ0v) is 13.3. The van der Waals surface area contributed by atoms with E-state index < -0.39 is 0 Å². The molecule has 1 amide bonds. The zero-order valence-electron chi connectivity index (χ0n) is 12.6. The summed E-state index contributed by atoms with van der Waals surface area (Å²) in [4.78, 5) is 19.2. The summed E-state index contributed by atoms with van der Waals surface area (Å²) in [6.07, 6.45) is 2.88. The number of halogens is 1. The van der Waals surface area contributed by atoms with Crippen molar-refractivity contribution in [1.29, 1.82) is 0 Å². The van der Waals surface area contributed by atoms with Gasteiger partial charge in [-0.05, 0) is 50.5 Å². The molecule has 1 aromatic carbocycles. The molecule has 1 saturated heterocycles. The van der Waals surface area contributed by atoms with Gasteiger partial charge in [-0.1, -0.05) is 11.6 Å². The molecule has 2 heterocycles. The Morgan fingerprint density at radius 1 is 1.41 bits per heavy atom. The standard InChI is InChI=1S/C17H19ClN2O2/c1-11-8-15(14-9-12(18)5-6-16(14)19-11)17(22)20-7-3-2-4-13(20)10-21/h5-6,8-9,13,21H,2-4,7,10H2,1H3/t13-/m0/s1. The first-order valence-electron chi connectivity index (χ1n) is 7.59. The van der Waals surface area contributed by atoms with Gasteiger partial charge >= 0.3 is 0 Å². The number of hydrogen-bond acceptors (Lipinski definition) is 3. The molecule has 116 valence electrons. The molecule has 1 aromatic heterocycles. The highest BCUT2D eigenvalue weighted by atomic mass is 35.5. The molecular formula is C17H19ClN2O2. The monoisotopic (exact) mass is 318 g/mol. The molecule has 0 bridgehead atoms. The number of nitrogens with zero attached hydrogens (tertiary/aromatic N) is 2. The molecule has 1 aliphatic rings. The van der Waals surface area contributed by atoms with Crippen molar-refractivity contribution >= 4 is 28.4 Å². The first-order valence-corrected chi connectivity index (χ1v) is 7.96. The van der Waals surface area contributed by atoms with E-state index in [9.17, 15) is 9.90 Å². The Balaban J connectivity index is 2.08. The van der Waals surface area contributed by atoms with Gasteiger partial charge in [-0.3, -0.25) is 9.78 Å². The lowest BCUT2D eigenvalue weighted by atomic mass is 10.00. The van der Waals surface area contributed by atoms with E-state index in [1.165, 1.54) is 0 Å². The third-order valence-electron chi connectivity index (χ3n) is 4.23. The van der Waals surface area contributed by atoms with Crippen LogP contribution in [0.1, 0.15) is 35.3 Å². The van der Waals surface area contributed by atoms with Gasteiger partial charge in [-0.2, -0.15) is 0 Å². The molecule has 1 aliphatic heterocycles. The Morgan fingerprint density at radius 3 is 3.00 bits per heavy atom. The first kappa shape index (κ1) is 15.3. The molecule has 1 fully saturated rings. The number of pyridine rings is 1. The van der Waals surface area contributed by atoms with Crippen LogP contribution >= 0.6 is 11.6 Å². The highest BCUT2D eigenvalue weighted by Gasteiger charge is 2.28. The van der Waals surface area contributed by atoms with E-state index in [4.69, 9.17) is 11.6 Å². The predicted molar refractivity (Wildman–Crippen MR) is 87.3 cm³/mol. The van der Waals surface area contributed by atoms with Crippen LogP contribution in [0.5, 0.6) is 0 Å². The van der Waals surface area contributed by atoms with Crippen molar-refractivity contribution in [1.82, 2.24) is 9.88 Å². The largest absolute Gasteiger partial charge is 0.394 e. The number of rotatable bonds is 2. The maximum atomic E-state index is 13.0. The first-order chi connectivity index (χ1) is 10.6. The summed E-state index contributed by atoms with van der Waals surface area (Å²) in [6.45, 7) is 2.58. The van der Waals surface area contributed by atoms with Crippen molar-refractivity contribution in [2.45, 2.75) is 32.2 Å². The Bertz CT molecular complexity index is 717. The SMILES string of the molecule is Cc1cc(C(=O)N2CCCC[C@H]2CO)c2cc(Cl)ccc2n1. The van der Waals surface area contributed by atoms with Gasteiger partial charge in [0.15, 0.2) is 0 Å². The Kier molecular flexibility index (Phi) is 4.32. The minimum absolute atomic E-state index is 0.00843. The van der Waals surface area contributed by atoms with E-state index >= 15 is 0 Å². The maximum Gasteiger partial charge on any atom is 0.254 e. The molecule has 0 radical (unpaired) electrons. The zero-order chi connectivity index (χ0) is 15.7. The third-order valence-corrected chi connectivity index (χ3v) is 4.46. The van der Waals surface area contributed by atoms with Crippen LogP contribution in [0.3, 0.4) is 0 Å². The number of fused-ring (bicyclic) bond motifs is 1. The van der Waals surface area contributed by atoms with Crippen molar-refractivity contribution in [2.24, 2.45) is 0 Å². The van der Waals surface area contributed by atoms with E-state index in [0.29, 0.717) is 17.1 Å². The van der Waals surface area contributed by atoms with Crippen molar-refractivity contribution in [2.75, 3.05) is 13.2 Å². The Morgan fingerprint density at radius 2 is 2.23 bits per heavy atom. The second-order valence-electron chi connectivity index (χ2n) is 5.80. The number of aromatic nitrogens is 1. The van der Waals surface area contributed by atoms with Crippen LogP contribution in [0.4, 0.5) is 0 Å². The lowest BCUT2D eigenvalue weighted by molar-refractivity contribution is 0.0505. The summed E-state index contributed by atoms with van der Waals surface area (Å²) in [6, 6.07) is 7.12. The molecule has 1 atom stereocenters. The average Bonchev–Trinajstić information content (AvgIpc) is 2.53. The molecule has 4 nitrogen and oxygen atoms in total. The topological polar surface area (TPSA) is 53.4 Å². The van der Waals surface area contributed by atoms with Crippen LogP contribution < -0.4 is 0 Å². The fourth-order valence-corrected chi connectivity index (χ4v) is 3.29. The summed E-state index contributed by atoms with van der Waals surface area (Å²) in [5.74, 6) is -0.0449. The quantitative estimate of drug-likeness (QED) is 0.925. The minimum Gasteiger partial charge on any atom is -0.394 e. The normalized spacial score (nSPS) is 18.7. The van der Waals surface area contributed by atoms with Gasteiger partial charge in [0.2, 0.25) is 0 Å². The summed E-state index contributed by atoms with van der Waals surface area (Å²) in [5.41, 5.74) is 2.19. The van der Waals surface area contributed by atoms with Crippen LogP contribution in [-0.2, 0) is 0 Å². The number of carbonyl (C=O) groups is 1. The van der Waals surface area contributed by atoms with Gasteiger partial charge in [-0.15, -0.1) is 0 Å². The van der Waals surface area contributed by atoms with Crippen molar-refractivity contribution < 1.29 is 9.90 Å². The van der Waals surface area contributed by atoms with Crippen LogP contribution in [-0.4, -0.2) is 40.1 Å². The van der Waals surface area contributed by atoms with Crippen molar-refractivity contribution in [3.8, 4) is 0 Å². The fourth-order valence-electron chi connectivity index (χ4n) is 3.12. The van der Waals surface area contributed by atoms with Crippen LogP contribution in [0, 0.1) is 6.92 Å². The molecular weight excluding hydrogens is 300 g/mol. The molecule has 3 rings (SSSR count). The van der Waals surface area contributed by atoms with Gasteiger partial charge in [-0.25, -0.2) is 0 Å². The highest BCUT2D eigenvalue weighted by molar-refractivity contribution is 6.31. The minimum atomic E-state index is -0.0936. The molecule has 22 heavy (non-hydrogen) atoms. The summed E-state index contributed by atoms with van der Waals surface area (Å²) < 4.78 is 0. The van der Waals surface area contributed by atoms with Gasteiger partial charge in [0.25, 0.3) is 5.91 Å². The summed E-state index contributed by atoms with van der Waals surface area (Å²) >= 11 is 6.08. The number of likely N-dealkylation sites (tertiary alicyclic amines) is 1. The summed E-state index contributed by atoms with van der Waals surface area (Å²) in [7, 11) is 0. The third kappa shape index (κ3) is 2.81. The maximum absolute atomic E-state index is 13.0. The van der Waals surface area contributed by atoms with Crippen LogP contribution in [0.25, 0.3) is 10.9 Å². The van der Waals surface area contributed by atoms with Gasteiger partial charge in [0.1, 0.15) is 0 Å². The fraction of sp³-hybridized carbons (Fsp3) is 0.412. The Hall–Kier alpha value is -1.65. The summed E-state index contributed by atoms with van der Waals surface area (Å²) in [5, 5.41) is 10.9. The predicted octanol–water partition coefficient (Wildman–Crippen LogP) is 3.18. The number of piperidine rings is 1. The molecule has 0 aliphatic carbocycles. The van der Waals surface area contributed by atoms with E-state index in [-0.39, 0.29) is 18.6 Å². The molecule has 0 saturated carbocycles. The highest BCUT2D eigenvalue weighted by Crippen LogP contribution is 2.26. The molecule has 0 spiro atoms. The van der Waals surface area contributed by atoms with Crippen molar-refractivity contribution in [3.05, 3.63) is 40.5 Å². The average molecular weight is 319 g/mol. The van der Waals surface area contributed by atoms with E-state index in [2.05, 4.69) is 4.98 Å². The van der Waals surface area contributed by atoms with E-state index in [0.717, 1.165) is 35.9 Å². The second-order valence-corrected chi connectivity index (χ2v) is 6.24. The Labute approximate surface area is 134 Å². The van der Waals surface area contributed by atoms with Crippen LogP contribution in [0.15, 0.2) is 24.3 Å². The lowest BCUT2D eigenvalue weighted by Crippen LogP contribution is -2.45. The number of aryl methyl sites for hydroxylation is 1. The number of hydrogen-bond donors (Lipinski definition) is 1. The van der Waals surface area contributed by atoms with Gasteiger partial charge in [0.05, 0.1) is 23.7 Å². The molecule has 0 unspecified atom stereocenters. The molecule has 2 aromatic rings. The number of amides is 1. The smallest absolute Gasteiger partial charge is 0.254 e. The van der Waals surface area contributed by atoms with Gasteiger partial charge in [0, 0.05) is 22.6 Å². The number of carbonyl (C=O) groups excluding carboxylic acids is 1. The van der Waals surface area contributed by atoms with E-state index in [1.54, 1.807) is 17.0 Å². The van der Waals surface area contributed by atoms with E-state index in [1.807, 2.05) is 19.1 Å². The number of benzene rings is 1. The number of aliphatic hydroxyl groups excluding tert-OH is 1. The molecule has 1 N–H and O–H groups in total. The van der Waals surface area contributed by atoms with Gasteiger partial charge < -0.3 is 10.0 Å². The number of aliphatic hydroxyl groups is 1. The lowest BCUT2D eigenvalue weighted by Gasteiger charge is -2.35. The van der Waals surface area contributed by atoms with Crippen LogP contribution in [0.2, 0.25) is 5.02 Å². The second kappa shape index (κ2) is 6.23.